The molecule has 0 saturated carbocycles. The van der Waals surface area contributed by atoms with Crippen molar-refractivity contribution in [1.29, 1.82) is 0 Å². The number of rotatable bonds is 8. The highest BCUT2D eigenvalue weighted by molar-refractivity contribution is 5.27. The second kappa shape index (κ2) is 7.65. The molecule has 0 radical (unpaired) electrons. The molecule has 3 nitrogen and oxygen atoms in total. The van der Waals surface area contributed by atoms with Gasteiger partial charge < -0.3 is 15.4 Å². The van der Waals surface area contributed by atoms with E-state index < -0.39 is 0 Å². The molecule has 1 rings (SSSR count). The molecule has 0 aliphatic rings. The molecule has 0 bridgehead atoms. The second-order valence-electron chi connectivity index (χ2n) is 6.52. The molecule has 0 heterocycles. The summed E-state index contributed by atoms with van der Waals surface area (Å²) in [4.78, 5) is 2.41. The van der Waals surface area contributed by atoms with Gasteiger partial charge in [0.15, 0.2) is 0 Å². The predicted octanol–water partition coefficient (Wildman–Crippen LogP) is 2.93. The van der Waals surface area contributed by atoms with Crippen molar-refractivity contribution in [1.82, 2.24) is 4.90 Å². The molecule has 1 aromatic carbocycles. The SMILES string of the molecule is COc1ccc(CCC(C)N(C)CC(C)(C)CN)cc1. The van der Waals surface area contributed by atoms with E-state index in [4.69, 9.17) is 10.5 Å². The summed E-state index contributed by atoms with van der Waals surface area (Å²) < 4.78 is 5.18. The van der Waals surface area contributed by atoms with Gasteiger partial charge in [-0.25, -0.2) is 0 Å². The topological polar surface area (TPSA) is 38.5 Å². The van der Waals surface area contributed by atoms with Crippen molar-refractivity contribution in [2.45, 2.75) is 39.7 Å². The maximum Gasteiger partial charge on any atom is 0.118 e. The van der Waals surface area contributed by atoms with Crippen LogP contribution in [0.3, 0.4) is 0 Å². The zero-order chi connectivity index (χ0) is 15.2. The number of hydrogen-bond acceptors (Lipinski definition) is 3. The summed E-state index contributed by atoms with van der Waals surface area (Å²) in [5.41, 5.74) is 7.36. The number of hydrogen-bond donors (Lipinski definition) is 1. The summed E-state index contributed by atoms with van der Waals surface area (Å²) in [5.74, 6) is 0.920. The van der Waals surface area contributed by atoms with Gasteiger partial charge in [0.1, 0.15) is 5.75 Å². The first-order chi connectivity index (χ1) is 9.38. The zero-order valence-electron chi connectivity index (χ0n) is 13.6. The summed E-state index contributed by atoms with van der Waals surface area (Å²) in [6, 6.07) is 8.91. The minimum Gasteiger partial charge on any atom is -0.497 e. The van der Waals surface area contributed by atoms with Crippen molar-refractivity contribution in [2.75, 3.05) is 27.2 Å². The van der Waals surface area contributed by atoms with Gasteiger partial charge in [-0.05, 0) is 56.5 Å². The van der Waals surface area contributed by atoms with Crippen molar-refractivity contribution in [2.24, 2.45) is 11.1 Å². The molecule has 3 heteroatoms. The third-order valence-corrected chi connectivity index (χ3v) is 3.99. The van der Waals surface area contributed by atoms with Crippen LogP contribution in [-0.2, 0) is 6.42 Å². The van der Waals surface area contributed by atoms with Crippen LogP contribution in [0, 0.1) is 5.41 Å². The lowest BCUT2D eigenvalue weighted by molar-refractivity contribution is 0.167. The normalized spacial score (nSPS) is 13.6. The van der Waals surface area contributed by atoms with Crippen molar-refractivity contribution in [3.8, 4) is 5.75 Å². The van der Waals surface area contributed by atoms with E-state index in [1.54, 1.807) is 7.11 Å². The van der Waals surface area contributed by atoms with Gasteiger partial charge in [0.05, 0.1) is 7.11 Å². The Kier molecular flexibility index (Phi) is 6.50. The molecule has 0 aromatic heterocycles. The lowest BCUT2D eigenvalue weighted by Gasteiger charge is -2.33. The van der Waals surface area contributed by atoms with Gasteiger partial charge in [-0.2, -0.15) is 0 Å². The summed E-state index contributed by atoms with van der Waals surface area (Å²) in [5, 5.41) is 0. The largest absolute Gasteiger partial charge is 0.497 e. The van der Waals surface area contributed by atoms with E-state index in [1.165, 1.54) is 5.56 Å². The van der Waals surface area contributed by atoms with Crippen LogP contribution in [-0.4, -0.2) is 38.2 Å². The first-order valence-electron chi connectivity index (χ1n) is 7.41. The van der Waals surface area contributed by atoms with E-state index in [0.717, 1.165) is 31.7 Å². The molecule has 1 atom stereocenters. The minimum atomic E-state index is 0.184. The average Bonchev–Trinajstić information content (AvgIpc) is 2.44. The van der Waals surface area contributed by atoms with Crippen molar-refractivity contribution >= 4 is 0 Å². The Morgan fingerprint density at radius 1 is 1.25 bits per heavy atom. The molecule has 2 N–H and O–H groups in total. The Bertz CT molecular complexity index is 386. The monoisotopic (exact) mass is 278 g/mol. The van der Waals surface area contributed by atoms with Gasteiger partial charge >= 0.3 is 0 Å². The summed E-state index contributed by atoms with van der Waals surface area (Å²) >= 11 is 0. The molecule has 0 fully saturated rings. The maximum atomic E-state index is 5.81. The van der Waals surface area contributed by atoms with Crippen LogP contribution < -0.4 is 10.5 Å². The number of ether oxygens (including phenoxy) is 1. The molecule has 20 heavy (non-hydrogen) atoms. The van der Waals surface area contributed by atoms with Gasteiger partial charge in [0, 0.05) is 12.6 Å². The third kappa shape index (κ3) is 5.51. The first-order valence-corrected chi connectivity index (χ1v) is 7.41. The summed E-state index contributed by atoms with van der Waals surface area (Å²) in [6.07, 6.45) is 2.25. The quantitative estimate of drug-likeness (QED) is 0.794. The van der Waals surface area contributed by atoms with E-state index in [1.807, 2.05) is 12.1 Å². The van der Waals surface area contributed by atoms with Crippen LogP contribution in [0.15, 0.2) is 24.3 Å². The van der Waals surface area contributed by atoms with Crippen LogP contribution >= 0.6 is 0 Å². The first kappa shape index (κ1) is 17.0. The van der Waals surface area contributed by atoms with Crippen LogP contribution in [0.1, 0.15) is 32.8 Å². The van der Waals surface area contributed by atoms with Crippen LogP contribution in [0.4, 0.5) is 0 Å². The van der Waals surface area contributed by atoms with Crippen molar-refractivity contribution < 1.29 is 4.74 Å². The minimum absolute atomic E-state index is 0.184. The van der Waals surface area contributed by atoms with Gasteiger partial charge in [0.25, 0.3) is 0 Å². The molecule has 114 valence electrons. The maximum absolute atomic E-state index is 5.81. The fourth-order valence-electron chi connectivity index (χ4n) is 2.28. The number of aryl methyl sites for hydroxylation is 1. The fourth-order valence-corrected chi connectivity index (χ4v) is 2.28. The van der Waals surface area contributed by atoms with E-state index in [-0.39, 0.29) is 5.41 Å². The molecule has 0 amide bonds. The number of methoxy groups -OCH3 is 1. The lowest BCUT2D eigenvalue weighted by Crippen LogP contribution is -2.41. The number of nitrogens with zero attached hydrogens (tertiary/aromatic N) is 1. The van der Waals surface area contributed by atoms with Crippen LogP contribution in [0.2, 0.25) is 0 Å². The van der Waals surface area contributed by atoms with E-state index >= 15 is 0 Å². The highest BCUT2D eigenvalue weighted by atomic mass is 16.5. The number of benzene rings is 1. The molecule has 0 saturated heterocycles. The lowest BCUT2D eigenvalue weighted by atomic mass is 9.92. The van der Waals surface area contributed by atoms with Gasteiger partial charge in [-0.3, -0.25) is 0 Å². The average molecular weight is 278 g/mol. The fraction of sp³-hybridized carbons (Fsp3) is 0.647. The summed E-state index contributed by atoms with van der Waals surface area (Å²) in [6.45, 7) is 8.49. The molecular formula is C17H30N2O. The zero-order valence-corrected chi connectivity index (χ0v) is 13.6. The van der Waals surface area contributed by atoms with Crippen molar-refractivity contribution in [3.05, 3.63) is 29.8 Å². The second-order valence-corrected chi connectivity index (χ2v) is 6.52. The molecule has 0 aliphatic carbocycles. The Hall–Kier alpha value is -1.06. The van der Waals surface area contributed by atoms with E-state index in [0.29, 0.717) is 6.04 Å². The smallest absolute Gasteiger partial charge is 0.118 e. The predicted molar refractivity (Wildman–Crippen MR) is 86.2 cm³/mol. The van der Waals surface area contributed by atoms with E-state index in [2.05, 4.69) is 44.9 Å². The standard InChI is InChI=1S/C17H30N2O/c1-14(19(4)13-17(2,3)12-18)6-7-15-8-10-16(20-5)11-9-15/h8-11,14H,6-7,12-13,18H2,1-5H3. The van der Waals surface area contributed by atoms with Gasteiger partial charge in [-0.1, -0.05) is 26.0 Å². The Labute approximate surface area is 124 Å². The van der Waals surface area contributed by atoms with Crippen molar-refractivity contribution in [3.63, 3.8) is 0 Å². The van der Waals surface area contributed by atoms with Crippen LogP contribution in [0.5, 0.6) is 5.75 Å². The molecule has 1 unspecified atom stereocenters. The van der Waals surface area contributed by atoms with E-state index in [9.17, 15) is 0 Å². The highest BCUT2D eigenvalue weighted by Crippen LogP contribution is 2.18. The Morgan fingerprint density at radius 2 is 1.85 bits per heavy atom. The Balaban J connectivity index is 2.43. The molecular weight excluding hydrogens is 248 g/mol. The van der Waals surface area contributed by atoms with Crippen LogP contribution in [0.25, 0.3) is 0 Å². The highest BCUT2D eigenvalue weighted by Gasteiger charge is 2.20. The Morgan fingerprint density at radius 3 is 2.35 bits per heavy atom. The van der Waals surface area contributed by atoms with Gasteiger partial charge in [0.2, 0.25) is 0 Å². The number of nitrogens with two attached hydrogens (primary N) is 1. The third-order valence-electron chi connectivity index (χ3n) is 3.99. The molecule has 1 aromatic rings. The summed E-state index contributed by atoms with van der Waals surface area (Å²) in [7, 11) is 3.89. The molecule has 0 aliphatic heterocycles. The molecule has 0 spiro atoms. The van der Waals surface area contributed by atoms with Gasteiger partial charge in [-0.15, -0.1) is 0 Å².